The van der Waals surface area contributed by atoms with Crippen LogP contribution in [0.5, 0.6) is 0 Å². The first kappa shape index (κ1) is 19.7. The minimum Gasteiger partial charge on any atom is -0.354 e. The van der Waals surface area contributed by atoms with Crippen LogP contribution in [0.3, 0.4) is 0 Å². The zero-order valence-electron chi connectivity index (χ0n) is 16.7. The molecule has 3 aromatic rings. The fraction of sp³-hybridized carbons (Fsp3) is 0.304. The largest absolute Gasteiger partial charge is 0.354 e. The first-order valence-electron chi connectivity index (χ1n) is 9.80. The number of nitrogens with zero attached hydrogens (tertiary/aromatic N) is 3. The van der Waals surface area contributed by atoms with Crippen molar-refractivity contribution in [3.63, 3.8) is 0 Å². The van der Waals surface area contributed by atoms with Crippen molar-refractivity contribution in [3.05, 3.63) is 89.7 Å². The quantitative estimate of drug-likeness (QED) is 0.467. The Bertz CT molecular complexity index is 856. The van der Waals surface area contributed by atoms with Crippen LogP contribution in [-0.4, -0.2) is 28.8 Å². The fourth-order valence-electron chi connectivity index (χ4n) is 3.16. The molecule has 0 amide bonds. The van der Waals surface area contributed by atoms with E-state index in [0.717, 1.165) is 31.9 Å². The van der Waals surface area contributed by atoms with Gasteiger partial charge in [0, 0.05) is 32.0 Å². The van der Waals surface area contributed by atoms with Gasteiger partial charge in [-0.05, 0) is 42.5 Å². The second-order valence-corrected chi connectivity index (χ2v) is 6.97. The molecule has 28 heavy (non-hydrogen) atoms. The minimum absolute atomic E-state index is 0.339. The van der Waals surface area contributed by atoms with Crippen LogP contribution in [0.2, 0.25) is 0 Å². The van der Waals surface area contributed by atoms with Crippen LogP contribution in [-0.2, 0) is 19.5 Å². The van der Waals surface area contributed by atoms with Crippen LogP contribution in [0.15, 0.2) is 78.0 Å². The Morgan fingerprint density at radius 3 is 2.50 bits per heavy atom. The maximum absolute atomic E-state index is 4.38. The van der Waals surface area contributed by atoms with Crippen LogP contribution < -0.4 is 10.6 Å². The van der Waals surface area contributed by atoms with Crippen molar-refractivity contribution in [2.24, 2.45) is 4.99 Å². The summed E-state index contributed by atoms with van der Waals surface area (Å²) in [7, 11) is 1.81. The van der Waals surface area contributed by atoms with Gasteiger partial charge >= 0.3 is 0 Å². The lowest BCUT2D eigenvalue weighted by Crippen LogP contribution is -2.42. The summed E-state index contributed by atoms with van der Waals surface area (Å²) in [6.07, 6.45) is 5.90. The van der Waals surface area contributed by atoms with E-state index in [1.165, 1.54) is 16.7 Å². The van der Waals surface area contributed by atoms with Crippen LogP contribution in [0.1, 0.15) is 30.0 Å². The first-order chi connectivity index (χ1) is 13.7. The summed E-state index contributed by atoms with van der Waals surface area (Å²) in [6, 6.07) is 21.3. The molecule has 1 atom stereocenters. The Labute approximate surface area is 167 Å². The number of guanidine groups is 1. The highest BCUT2D eigenvalue weighted by Crippen LogP contribution is 2.10. The number of aromatic nitrogens is 2. The Morgan fingerprint density at radius 2 is 1.79 bits per heavy atom. The van der Waals surface area contributed by atoms with E-state index < -0.39 is 0 Å². The van der Waals surface area contributed by atoms with Crippen LogP contribution in [0, 0.1) is 0 Å². The summed E-state index contributed by atoms with van der Waals surface area (Å²) >= 11 is 0. The van der Waals surface area contributed by atoms with Gasteiger partial charge < -0.3 is 10.6 Å². The highest BCUT2D eigenvalue weighted by Gasteiger charge is 2.08. The van der Waals surface area contributed by atoms with Crippen molar-refractivity contribution in [2.45, 2.75) is 38.9 Å². The second-order valence-electron chi connectivity index (χ2n) is 6.97. The molecule has 3 rings (SSSR count). The lowest BCUT2D eigenvalue weighted by Gasteiger charge is -2.19. The molecule has 0 saturated carbocycles. The van der Waals surface area contributed by atoms with Gasteiger partial charge in [-0.1, -0.05) is 54.6 Å². The van der Waals surface area contributed by atoms with Crippen molar-refractivity contribution in [1.29, 1.82) is 0 Å². The predicted molar refractivity (Wildman–Crippen MR) is 115 cm³/mol. The topological polar surface area (TPSA) is 54.2 Å². The van der Waals surface area contributed by atoms with Crippen molar-refractivity contribution >= 4 is 5.96 Å². The maximum atomic E-state index is 4.38. The third-order valence-corrected chi connectivity index (χ3v) is 4.77. The van der Waals surface area contributed by atoms with E-state index in [9.17, 15) is 0 Å². The van der Waals surface area contributed by atoms with Gasteiger partial charge in [-0.2, -0.15) is 5.10 Å². The van der Waals surface area contributed by atoms with E-state index in [-0.39, 0.29) is 0 Å². The molecular formula is C23H29N5. The SMILES string of the molecule is CN=C(NCc1ccccc1Cn1cccn1)NC(C)CCc1ccccc1. The van der Waals surface area contributed by atoms with E-state index in [1.54, 1.807) is 0 Å². The number of aryl methyl sites for hydroxylation is 1. The standard InChI is InChI=1S/C23H29N5/c1-19(13-14-20-9-4-3-5-10-20)27-23(24-2)25-17-21-11-6-7-12-22(21)18-28-16-8-15-26-28/h3-12,15-16,19H,13-14,17-18H2,1-2H3,(H2,24,25,27). The molecule has 1 aromatic heterocycles. The fourth-order valence-corrected chi connectivity index (χ4v) is 3.16. The molecule has 146 valence electrons. The summed E-state index contributed by atoms with van der Waals surface area (Å²) in [5.41, 5.74) is 3.87. The Kier molecular flexibility index (Phi) is 7.24. The molecule has 0 aliphatic carbocycles. The van der Waals surface area contributed by atoms with E-state index in [4.69, 9.17) is 0 Å². The van der Waals surface area contributed by atoms with Gasteiger partial charge in [-0.15, -0.1) is 0 Å². The summed E-state index contributed by atoms with van der Waals surface area (Å²) in [5, 5.41) is 11.2. The van der Waals surface area contributed by atoms with Crippen LogP contribution >= 0.6 is 0 Å². The molecule has 2 N–H and O–H groups in total. The molecule has 0 aliphatic heterocycles. The number of benzene rings is 2. The number of nitrogens with one attached hydrogen (secondary N) is 2. The molecule has 0 radical (unpaired) electrons. The van der Waals surface area contributed by atoms with Crippen molar-refractivity contribution in [1.82, 2.24) is 20.4 Å². The number of hydrogen-bond acceptors (Lipinski definition) is 2. The lowest BCUT2D eigenvalue weighted by atomic mass is 10.1. The number of aliphatic imine (C=N–C) groups is 1. The average molecular weight is 376 g/mol. The molecule has 0 saturated heterocycles. The van der Waals surface area contributed by atoms with Gasteiger partial charge in [0.25, 0.3) is 0 Å². The minimum atomic E-state index is 0.339. The Balaban J connectivity index is 1.51. The van der Waals surface area contributed by atoms with E-state index in [1.807, 2.05) is 30.2 Å². The molecule has 0 fully saturated rings. The van der Waals surface area contributed by atoms with Gasteiger partial charge in [0.1, 0.15) is 0 Å². The maximum Gasteiger partial charge on any atom is 0.191 e. The van der Waals surface area contributed by atoms with Crippen LogP contribution in [0.25, 0.3) is 0 Å². The Morgan fingerprint density at radius 1 is 1.04 bits per heavy atom. The smallest absolute Gasteiger partial charge is 0.191 e. The normalized spacial score (nSPS) is 12.6. The molecule has 0 bridgehead atoms. The molecule has 5 nitrogen and oxygen atoms in total. The first-order valence-corrected chi connectivity index (χ1v) is 9.80. The van der Waals surface area contributed by atoms with E-state index >= 15 is 0 Å². The van der Waals surface area contributed by atoms with Gasteiger partial charge in [0.15, 0.2) is 5.96 Å². The van der Waals surface area contributed by atoms with E-state index in [2.05, 4.69) is 82.2 Å². The van der Waals surface area contributed by atoms with Crippen molar-refractivity contribution < 1.29 is 0 Å². The number of hydrogen-bond donors (Lipinski definition) is 2. The van der Waals surface area contributed by atoms with Gasteiger partial charge in [-0.25, -0.2) is 0 Å². The lowest BCUT2D eigenvalue weighted by molar-refractivity contribution is 0.592. The molecule has 5 heteroatoms. The second kappa shape index (κ2) is 10.3. The van der Waals surface area contributed by atoms with E-state index in [0.29, 0.717) is 6.04 Å². The molecule has 0 aliphatic rings. The summed E-state index contributed by atoms with van der Waals surface area (Å²) in [6.45, 7) is 3.69. The van der Waals surface area contributed by atoms with Gasteiger partial charge in [-0.3, -0.25) is 9.67 Å². The number of rotatable bonds is 8. The van der Waals surface area contributed by atoms with Gasteiger partial charge in [0.2, 0.25) is 0 Å². The predicted octanol–water partition coefficient (Wildman–Crippen LogP) is 3.62. The highest BCUT2D eigenvalue weighted by atomic mass is 15.3. The third-order valence-electron chi connectivity index (χ3n) is 4.77. The van der Waals surface area contributed by atoms with Crippen molar-refractivity contribution in [2.75, 3.05) is 7.05 Å². The molecule has 2 aromatic carbocycles. The van der Waals surface area contributed by atoms with Crippen LogP contribution in [0.4, 0.5) is 0 Å². The molecular weight excluding hydrogens is 346 g/mol. The summed E-state index contributed by atoms with van der Waals surface area (Å²) < 4.78 is 1.94. The van der Waals surface area contributed by atoms with Gasteiger partial charge in [0.05, 0.1) is 6.54 Å². The zero-order valence-corrected chi connectivity index (χ0v) is 16.7. The Hall–Kier alpha value is -3.08. The average Bonchev–Trinajstić information content (AvgIpc) is 3.24. The summed E-state index contributed by atoms with van der Waals surface area (Å²) in [4.78, 5) is 4.38. The molecule has 1 unspecified atom stereocenters. The zero-order chi connectivity index (χ0) is 19.6. The third kappa shape index (κ3) is 5.98. The monoisotopic (exact) mass is 375 g/mol. The van der Waals surface area contributed by atoms with Crippen molar-refractivity contribution in [3.8, 4) is 0 Å². The molecule has 1 heterocycles. The summed E-state index contributed by atoms with van der Waals surface area (Å²) in [5.74, 6) is 0.828. The molecule has 0 spiro atoms. The highest BCUT2D eigenvalue weighted by molar-refractivity contribution is 5.79.